The van der Waals surface area contributed by atoms with Gasteiger partial charge in [0, 0.05) is 37.8 Å². The van der Waals surface area contributed by atoms with Gasteiger partial charge in [-0.25, -0.2) is 0 Å². The molecule has 2 aliphatic heterocycles. The fraction of sp³-hybridized carbons (Fsp3) is 0.400. The van der Waals surface area contributed by atoms with E-state index in [4.69, 9.17) is 23.2 Å². The Bertz CT molecular complexity index is 717. The van der Waals surface area contributed by atoms with Crippen molar-refractivity contribution >= 4 is 35.0 Å². The molecule has 4 heteroatoms. The second-order valence-corrected chi connectivity index (χ2v) is 9.13. The summed E-state index contributed by atoms with van der Waals surface area (Å²) in [6, 6.07) is 16.1. The number of rotatable bonds is 3. The van der Waals surface area contributed by atoms with E-state index in [0.717, 1.165) is 28.5 Å². The lowest BCUT2D eigenvalue weighted by atomic mass is 10.0. The van der Waals surface area contributed by atoms with Crippen LogP contribution in [0.3, 0.4) is 0 Å². The van der Waals surface area contributed by atoms with Crippen LogP contribution in [0.25, 0.3) is 11.1 Å². The lowest BCUT2D eigenvalue weighted by Gasteiger charge is -2.36. The highest BCUT2D eigenvalue weighted by Gasteiger charge is 2.38. The molecule has 0 amide bonds. The molecule has 0 aliphatic carbocycles. The molecule has 0 spiro atoms. The van der Waals surface area contributed by atoms with Gasteiger partial charge in [0.15, 0.2) is 0 Å². The first-order valence-corrected chi connectivity index (χ1v) is 10.2. The molecule has 0 radical (unpaired) electrons. The third-order valence-corrected chi connectivity index (χ3v) is 7.26. The van der Waals surface area contributed by atoms with Gasteiger partial charge in [0.1, 0.15) is 0 Å². The fourth-order valence-corrected chi connectivity index (χ4v) is 5.92. The third kappa shape index (κ3) is 3.35. The Kier molecular flexibility index (Phi) is 4.83. The molecule has 3 atom stereocenters. The summed E-state index contributed by atoms with van der Waals surface area (Å²) in [6.45, 7) is 0. The number of hydrogen-bond donors (Lipinski definition) is 0. The first kappa shape index (κ1) is 16.8. The molecule has 2 aromatic rings. The second kappa shape index (κ2) is 6.92. The van der Waals surface area contributed by atoms with Crippen LogP contribution in [0, 0.1) is 0 Å². The van der Waals surface area contributed by atoms with Crippen molar-refractivity contribution < 1.29 is 0 Å². The summed E-state index contributed by atoms with van der Waals surface area (Å²) in [7, 11) is 2.30. The number of piperidine rings is 1. The lowest BCUT2D eigenvalue weighted by Crippen LogP contribution is -2.40. The van der Waals surface area contributed by atoms with Crippen LogP contribution in [0.2, 0.25) is 10.0 Å². The molecular weight excluding hydrogens is 357 g/mol. The quantitative estimate of drug-likeness (QED) is 0.610. The van der Waals surface area contributed by atoms with E-state index in [2.05, 4.69) is 36.2 Å². The molecule has 1 unspecified atom stereocenters. The van der Waals surface area contributed by atoms with Crippen LogP contribution in [0.1, 0.15) is 25.7 Å². The summed E-state index contributed by atoms with van der Waals surface area (Å²) in [5, 5.41) is 2.13. The Hall–Kier alpha value is -0.670. The highest BCUT2D eigenvalue weighted by Crippen LogP contribution is 2.41. The summed E-state index contributed by atoms with van der Waals surface area (Å²) in [5.41, 5.74) is 2.18. The predicted octanol–water partition coefficient (Wildman–Crippen LogP) is 6.38. The summed E-state index contributed by atoms with van der Waals surface area (Å²) in [6.07, 6.45) is 5.41. The van der Waals surface area contributed by atoms with E-state index in [0.29, 0.717) is 10.0 Å². The third-order valence-electron chi connectivity index (χ3n) is 5.45. The van der Waals surface area contributed by atoms with E-state index in [1.54, 1.807) is 6.07 Å². The van der Waals surface area contributed by atoms with Gasteiger partial charge < -0.3 is 4.90 Å². The number of hydrogen-bond acceptors (Lipinski definition) is 2. The van der Waals surface area contributed by atoms with Gasteiger partial charge >= 0.3 is 0 Å². The van der Waals surface area contributed by atoms with Gasteiger partial charge in [-0.1, -0.05) is 41.4 Å². The van der Waals surface area contributed by atoms with Gasteiger partial charge in [-0.05, 0) is 62.6 Å². The molecule has 1 nitrogen and oxygen atoms in total. The molecule has 0 saturated carbocycles. The zero-order valence-corrected chi connectivity index (χ0v) is 16.0. The summed E-state index contributed by atoms with van der Waals surface area (Å²) < 4.78 is 0. The Morgan fingerprint density at radius 3 is 2.25 bits per heavy atom. The van der Waals surface area contributed by atoms with E-state index in [1.165, 1.54) is 30.6 Å². The molecule has 126 valence electrons. The van der Waals surface area contributed by atoms with Crippen molar-refractivity contribution in [3.63, 3.8) is 0 Å². The van der Waals surface area contributed by atoms with Crippen molar-refractivity contribution in [2.45, 2.75) is 47.9 Å². The first-order chi connectivity index (χ1) is 11.6. The van der Waals surface area contributed by atoms with Crippen molar-refractivity contribution in [1.82, 2.24) is 4.90 Å². The fourth-order valence-electron chi connectivity index (χ4n) is 4.09. The topological polar surface area (TPSA) is 3.24 Å². The standard InChI is InChI=1S/C20H21Cl2NS/c1-23-15-5-6-16(23)12-18(11-15)24-17-7-2-13(3-8-17)19-9-4-14(21)10-20(19)22/h2-4,7-10,15-16,18H,5-6,11-12H2,1H3/t15-,16+,18?. The molecule has 0 N–H and O–H groups in total. The number of nitrogens with zero attached hydrogens (tertiary/aromatic N) is 1. The smallest absolute Gasteiger partial charge is 0.0499 e. The van der Waals surface area contributed by atoms with Crippen LogP contribution in [-0.4, -0.2) is 29.3 Å². The molecule has 2 saturated heterocycles. The molecular formula is C20H21Cl2NS. The highest BCUT2D eigenvalue weighted by atomic mass is 35.5. The predicted molar refractivity (Wildman–Crippen MR) is 105 cm³/mol. The van der Waals surface area contributed by atoms with Crippen molar-refractivity contribution in [2.24, 2.45) is 0 Å². The minimum Gasteiger partial charge on any atom is -0.300 e. The van der Waals surface area contributed by atoms with Gasteiger partial charge in [-0.15, -0.1) is 11.8 Å². The normalized spacial score (nSPS) is 26.7. The SMILES string of the molecule is CN1[C@@H]2CC[C@H]1CC(Sc1ccc(-c3ccc(Cl)cc3Cl)cc1)C2. The van der Waals surface area contributed by atoms with E-state index < -0.39 is 0 Å². The largest absolute Gasteiger partial charge is 0.300 e. The number of thioether (sulfide) groups is 1. The van der Waals surface area contributed by atoms with Crippen molar-refractivity contribution in [1.29, 1.82) is 0 Å². The maximum Gasteiger partial charge on any atom is 0.0499 e. The van der Waals surface area contributed by atoms with Gasteiger partial charge in [0.25, 0.3) is 0 Å². The molecule has 24 heavy (non-hydrogen) atoms. The molecule has 2 heterocycles. The molecule has 0 aromatic heterocycles. The maximum absolute atomic E-state index is 6.32. The van der Waals surface area contributed by atoms with Gasteiger partial charge in [0.2, 0.25) is 0 Å². The van der Waals surface area contributed by atoms with Crippen LogP contribution in [-0.2, 0) is 0 Å². The summed E-state index contributed by atoms with van der Waals surface area (Å²) >= 11 is 14.3. The van der Waals surface area contributed by atoms with Gasteiger partial charge in [-0.3, -0.25) is 0 Å². The van der Waals surface area contributed by atoms with Crippen LogP contribution in [0.4, 0.5) is 0 Å². The van der Waals surface area contributed by atoms with Crippen LogP contribution >= 0.6 is 35.0 Å². The van der Waals surface area contributed by atoms with Crippen molar-refractivity contribution in [3.05, 3.63) is 52.5 Å². The van der Waals surface area contributed by atoms with Crippen LogP contribution in [0.5, 0.6) is 0 Å². The van der Waals surface area contributed by atoms with Crippen LogP contribution < -0.4 is 0 Å². The zero-order chi connectivity index (χ0) is 16.7. The Morgan fingerprint density at radius 2 is 1.62 bits per heavy atom. The lowest BCUT2D eigenvalue weighted by molar-refractivity contribution is 0.183. The van der Waals surface area contributed by atoms with E-state index in [-0.39, 0.29) is 0 Å². The molecule has 2 fully saturated rings. The number of halogens is 2. The van der Waals surface area contributed by atoms with Crippen molar-refractivity contribution in [3.8, 4) is 11.1 Å². The minimum absolute atomic E-state index is 0.674. The molecule has 2 aliphatic rings. The van der Waals surface area contributed by atoms with Crippen LogP contribution in [0.15, 0.2) is 47.4 Å². The average Bonchev–Trinajstić information content (AvgIpc) is 2.78. The van der Waals surface area contributed by atoms with Crippen molar-refractivity contribution in [2.75, 3.05) is 7.05 Å². The Morgan fingerprint density at radius 1 is 0.958 bits per heavy atom. The second-order valence-electron chi connectivity index (χ2n) is 6.91. The maximum atomic E-state index is 6.32. The summed E-state index contributed by atoms with van der Waals surface area (Å²) in [5.74, 6) is 0. The van der Waals surface area contributed by atoms with E-state index in [1.807, 2.05) is 23.9 Å². The zero-order valence-electron chi connectivity index (χ0n) is 13.7. The number of fused-ring (bicyclic) bond motifs is 2. The highest BCUT2D eigenvalue weighted by molar-refractivity contribution is 8.00. The monoisotopic (exact) mass is 377 g/mol. The van der Waals surface area contributed by atoms with E-state index >= 15 is 0 Å². The van der Waals surface area contributed by atoms with E-state index in [9.17, 15) is 0 Å². The Labute approximate surface area is 158 Å². The van der Waals surface area contributed by atoms with Gasteiger partial charge in [0.05, 0.1) is 0 Å². The number of benzene rings is 2. The Balaban J connectivity index is 1.46. The molecule has 2 aromatic carbocycles. The molecule has 2 bridgehead atoms. The minimum atomic E-state index is 0.674. The van der Waals surface area contributed by atoms with Gasteiger partial charge in [-0.2, -0.15) is 0 Å². The average molecular weight is 378 g/mol. The first-order valence-electron chi connectivity index (χ1n) is 8.54. The summed E-state index contributed by atoms with van der Waals surface area (Å²) in [4.78, 5) is 3.96. The molecule has 4 rings (SSSR count).